The van der Waals surface area contributed by atoms with Crippen molar-refractivity contribution in [1.82, 2.24) is 9.97 Å². The first-order valence-corrected chi connectivity index (χ1v) is 7.25. The van der Waals surface area contributed by atoms with Crippen molar-refractivity contribution in [3.63, 3.8) is 0 Å². The summed E-state index contributed by atoms with van der Waals surface area (Å²) in [6.45, 7) is 3.13. The van der Waals surface area contributed by atoms with Gasteiger partial charge in [0.05, 0.1) is 0 Å². The number of hydrogen-bond acceptors (Lipinski definition) is 4. The highest BCUT2D eigenvalue weighted by Crippen LogP contribution is 2.17. The van der Waals surface area contributed by atoms with E-state index in [-0.39, 0.29) is 0 Å². The lowest BCUT2D eigenvalue weighted by atomic mass is 10.2. The minimum Gasteiger partial charge on any atom is -0.370 e. The van der Waals surface area contributed by atoms with Gasteiger partial charge in [0, 0.05) is 23.5 Å². The van der Waals surface area contributed by atoms with Crippen LogP contribution >= 0.6 is 11.6 Å². The molecule has 0 fully saturated rings. The quantitative estimate of drug-likeness (QED) is 0.738. The summed E-state index contributed by atoms with van der Waals surface area (Å²) in [6.07, 6.45) is 5.34. The summed E-state index contributed by atoms with van der Waals surface area (Å²) < 4.78 is 0. The summed E-state index contributed by atoms with van der Waals surface area (Å²) in [7, 11) is 0. The Balaban J connectivity index is 1.93. The SMILES string of the molecule is CCCCCNc1ccnc(Nc2ccc(Cl)cc2)n1. The molecule has 0 aliphatic carbocycles. The predicted octanol–water partition coefficient (Wildman–Crippen LogP) is 4.48. The standard InChI is InChI=1S/C15H19ClN4/c1-2-3-4-10-17-14-9-11-18-15(20-14)19-13-7-5-12(16)6-8-13/h5-9,11H,2-4,10H2,1H3,(H2,17,18,19,20). The number of hydrogen-bond donors (Lipinski definition) is 2. The summed E-state index contributed by atoms with van der Waals surface area (Å²) in [4.78, 5) is 8.63. The van der Waals surface area contributed by atoms with E-state index in [0.29, 0.717) is 11.0 Å². The maximum atomic E-state index is 5.85. The molecule has 20 heavy (non-hydrogen) atoms. The van der Waals surface area contributed by atoms with Crippen LogP contribution in [0.2, 0.25) is 5.02 Å². The summed E-state index contributed by atoms with van der Waals surface area (Å²) in [5.74, 6) is 1.42. The highest BCUT2D eigenvalue weighted by Gasteiger charge is 2.00. The van der Waals surface area contributed by atoms with Crippen LogP contribution in [0.15, 0.2) is 36.5 Å². The van der Waals surface area contributed by atoms with Crippen molar-refractivity contribution >= 4 is 29.1 Å². The molecule has 0 aliphatic rings. The van der Waals surface area contributed by atoms with E-state index >= 15 is 0 Å². The molecular formula is C15H19ClN4. The molecule has 0 radical (unpaired) electrons. The molecule has 0 amide bonds. The molecule has 5 heteroatoms. The second-order valence-electron chi connectivity index (χ2n) is 4.53. The van der Waals surface area contributed by atoms with Crippen LogP contribution in [0.1, 0.15) is 26.2 Å². The Morgan fingerprint density at radius 1 is 1.10 bits per heavy atom. The molecule has 0 saturated heterocycles. The Bertz CT molecular complexity index is 528. The van der Waals surface area contributed by atoms with Gasteiger partial charge in [0.2, 0.25) is 5.95 Å². The van der Waals surface area contributed by atoms with Gasteiger partial charge in [-0.3, -0.25) is 0 Å². The molecule has 106 valence electrons. The van der Waals surface area contributed by atoms with Crippen LogP contribution in [0.5, 0.6) is 0 Å². The van der Waals surface area contributed by atoms with Crippen molar-refractivity contribution in [2.75, 3.05) is 17.2 Å². The van der Waals surface area contributed by atoms with E-state index in [0.717, 1.165) is 24.5 Å². The van der Waals surface area contributed by atoms with Crippen molar-refractivity contribution < 1.29 is 0 Å². The summed E-state index contributed by atoms with van der Waals surface area (Å²) >= 11 is 5.85. The van der Waals surface area contributed by atoms with Gasteiger partial charge in [-0.1, -0.05) is 31.4 Å². The molecule has 1 aromatic carbocycles. The second kappa shape index (κ2) is 7.70. The average Bonchev–Trinajstić information content (AvgIpc) is 2.47. The first-order valence-electron chi connectivity index (χ1n) is 6.87. The summed E-state index contributed by atoms with van der Waals surface area (Å²) in [5, 5.41) is 7.17. The minimum absolute atomic E-state index is 0.577. The molecular weight excluding hydrogens is 272 g/mol. The fraction of sp³-hybridized carbons (Fsp3) is 0.333. The van der Waals surface area contributed by atoms with E-state index < -0.39 is 0 Å². The van der Waals surface area contributed by atoms with Crippen LogP contribution in [0.25, 0.3) is 0 Å². The first kappa shape index (κ1) is 14.6. The van der Waals surface area contributed by atoms with Crippen LogP contribution in [-0.2, 0) is 0 Å². The molecule has 0 aliphatic heterocycles. The van der Waals surface area contributed by atoms with Crippen molar-refractivity contribution in [2.45, 2.75) is 26.2 Å². The molecule has 0 bridgehead atoms. The first-order chi connectivity index (χ1) is 9.78. The topological polar surface area (TPSA) is 49.8 Å². The van der Waals surface area contributed by atoms with E-state index in [2.05, 4.69) is 27.5 Å². The third-order valence-corrected chi connectivity index (χ3v) is 3.09. The van der Waals surface area contributed by atoms with Crippen LogP contribution in [-0.4, -0.2) is 16.5 Å². The third kappa shape index (κ3) is 4.70. The monoisotopic (exact) mass is 290 g/mol. The van der Waals surface area contributed by atoms with Gasteiger partial charge in [-0.2, -0.15) is 4.98 Å². The van der Waals surface area contributed by atoms with Crippen LogP contribution in [0.4, 0.5) is 17.5 Å². The van der Waals surface area contributed by atoms with Crippen LogP contribution in [0, 0.1) is 0 Å². The molecule has 1 heterocycles. The zero-order chi connectivity index (χ0) is 14.2. The zero-order valence-corrected chi connectivity index (χ0v) is 12.3. The van der Waals surface area contributed by atoms with Crippen LogP contribution in [0.3, 0.4) is 0 Å². The highest BCUT2D eigenvalue weighted by atomic mass is 35.5. The largest absolute Gasteiger partial charge is 0.370 e. The van der Waals surface area contributed by atoms with Gasteiger partial charge in [0.15, 0.2) is 0 Å². The lowest BCUT2D eigenvalue weighted by molar-refractivity contribution is 0.742. The number of rotatable bonds is 7. The van der Waals surface area contributed by atoms with Crippen molar-refractivity contribution in [3.05, 3.63) is 41.6 Å². The number of aromatic nitrogens is 2. The number of nitrogens with one attached hydrogen (secondary N) is 2. The van der Waals surface area contributed by atoms with Crippen LogP contribution < -0.4 is 10.6 Å². The maximum Gasteiger partial charge on any atom is 0.229 e. The highest BCUT2D eigenvalue weighted by molar-refractivity contribution is 6.30. The Hall–Kier alpha value is -1.81. The van der Waals surface area contributed by atoms with E-state index in [1.807, 2.05) is 30.3 Å². The Kier molecular flexibility index (Phi) is 5.62. The number of nitrogens with zero attached hydrogens (tertiary/aromatic N) is 2. The number of unbranched alkanes of at least 4 members (excludes halogenated alkanes) is 2. The Morgan fingerprint density at radius 3 is 2.65 bits per heavy atom. The van der Waals surface area contributed by atoms with E-state index in [1.54, 1.807) is 6.20 Å². The molecule has 4 nitrogen and oxygen atoms in total. The molecule has 2 N–H and O–H groups in total. The number of benzene rings is 1. The number of halogens is 1. The molecule has 1 aromatic heterocycles. The van der Waals surface area contributed by atoms with E-state index in [9.17, 15) is 0 Å². The zero-order valence-electron chi connectivity index (χ0n) is 11.6. The average molecular weight is 291 g/mol. The second-order valence-corrected chi connectivity index (χ2v) is 4.97. The van der Waals surface area contributed by atoms with Gasteiger partial charge in [-0.25, -0.2) is 4.98 Å². The fourth-order valence-electron chi connectivity index (χ4n) is 1.77. The molecule has 0 saturated carbocycles. The van der Waals surface area contributed by atoms with Gasteiger partial charge in [-0.05, 0) is 36.8 Å². The Morgan fingerprint density at radius 2 is 1.90 bits per heavy atom. The van der Waals surface area contributed by atoms with Gasteiger partial charge in [0.1, 0.15) is 5.82 Å². The normalized spacial score (nSPS) is 10.3. The molecule has 0 atom stereocenters. The van der Waals surface area contributed by atoms with E-state index in [1.165, 1.54) is 12.8 Å². The molecule has 0 unspecified atom stereocenters. The maximum absolute atomic E-state index is 5.85. The van der Waals surface area contributed by atoms with Gasteiger partial charge in [0.25, 0.3) is 0 Å². The van der Waals surface area contributed by atoms with E-state index in [4.69, 9.17) is 11.6 Å². The molecule has 2 rings (SSSR count). The van der Waals surface area contributed by atoms with Gasteiger partial charge >= 0.3 is 0 Å². The van der Waals surface area contributed by atoms with Crippen molar-refractivity contribution in [3.8, 4) is 0 Å². The lowest BCUT2D eigenvalue weighted by Gasteiger charge is -2.08. The van der Waals surface area contributed by atoms with Gasteiger partial charge in [-0.15, -0.1) is 0 Å². The predicted molar refractivity (Wildman–Crippen MR) is 84.8 cm³/mol. The Labute approximate surface area is 124 Å². The lowest BCUT2D eigenvalue weighted by Crippen LogP contribution is -2.05. The summed E-state index contributed by atoms with van der Waals surface area (Å²) in [6, 6.07) is 9.33. The minimum atomic E-state index is 0.577. The number of anilines is 3. The summed E-state index contributed by atoms with van der Waals surface area (Å²) in [5.41, 5.74) is 0.914. The van der Waals surface area contributed by atoms with Gasteiger partial charge < -0.3 is 10.6 Å². The molecule has 0 spiro atoms. The smallest absolute Gasteiger partial charge is 0.229 e. The third-order valence-electron chi connectivity index (χ3n) is 2.84. The van der Waals surface area contributed by atoms with Crippen molar-refractivity contribution in [2.24, 2.45) is 0 Å². The fourth-order valence-corrected chi connectivity index (χ4v) is 1.90. The molecule has 2 aromatic rings. The van der Waals surface area contributed by atoms with Crippen molar-refractivity contribution in [1.29, 1.82) is 0 Å².